The third-order valence-electron chi connectivity index (χ3n) is 2.67. The Hall–Kier alpha value is -2.61. The Morgan fingerprint density at radius 3 is 2.81 bits per heavy atom. The number of urea groups is 1. The van der Waals surface area contributed by atoms with Gasteiger partial charge in [-0.2, -0.15) is 5.10 Å². The Morgan fingerprint density at radius 2 is 2.19 bits per heavy atom. The normalized spacial score (nSPS) is 11.7. The van der Waals surface area contributed by atoms with Crippen LogP contribution in [0.25, 0.3) is 0 Å². The van der Waals surface area contributed by atoms with Crippen molar-refractivity contribution in [2.45, 2.75) is 13.0 Å². The molecule has 2 rings (SSSR count). The standard InChI is InChI=1S/C12H12ClN5O3/c1-6(10-14-5-15-18-10)16-12(21)17-8-4-2-3-7(13)9(8)11(19)20/h2-6H,1H3,(H,19,20)(H,14,15,18)(H2,16,17,21). The van der Waals surface area contributed by atoms with E-state index < -0.39 is 18.0 Å². The molecular formula is C12H12ClN5O3. The number of carboxylic acid groups (broad SMARTS) is 1. The summed E-state index contributed by atoms with van der Waals surface area (Å²) in [6.45, 7) is 1.70. The summed E-state index contributed by atoms with van der Waals surface area (Å²) in [5, 5.41) is 20.5. The van der Waals surface area contributed by atoms with Crippen LogP contribution >= 0.6 is 11.6 Å². The van der Waals surface area contributed by atoms with E-state index in [1.807, 2.05) is 0 Å². The van der Waals surface area contributed by atoms with Crippen molar-refractivity contribution in [1.29, 1.82) is 0 Å². The van der Waals surface area contributed by atoms with Crippen LogP contribution in [0.2, 0.25) is 5.02 Å². The van der Waals surface area contributed by atoms with Crippen LogP contribution in [-0.2, 0) is 0 Å². The molecule has 2 aromatic rings. The molecule has 8 nitrogen and oxygen atoms in total. The summed E-state index contributed by atoms with van der Waals surface area (Å²) in [5.74, 6) is -0.742. The molecular weight excluding hydrogens is 298 g/mol. The average molecular weight is 310 g/mol. The lowest BCUT2D eigenvalue weighted by Gasteiger charge is -2.14. The summed E-state index contributed by atoms with van der Waals surface area (Å²) in [6, 6.07) is 3.44. The van der Waals surface area contributed by atoms with E-state index in [9.17, 15) is 9.59 Å². The van der Waals surface area contributed by atoms with Gasteiger partial charge < -0.3 is 15.7 Å². The zero-order chi connectivity index (χ0) is 15.4. The van der Waals surface area contributed by atoms with Crippen molar-refractivity contribution < 1.29 is 14.7 Å². The first kappa shape index (κ1) is 14.8. The van der Waals surface area contributed by atoms with E-state index in [1.54, 1.807) is 13.0 Å². The Bertz CT molecular complexity index is 659. The van der Waals surface area contributed by atoms with Crippen LogP contribution in [0.3, 0.4) is 0 Å². The summed E-state index contributed by atoms with van der Waals surface area (Å²) in [5.41, 5.74) is -0.0566. The number of carboxylic acids is 1. The minimum Gasteiger partial charge on any atom is -0.478 e. The lowest BCUT2D eigenvalue weighted by Crippen LogP contribution is -2.32. The molecule has 0 bridgehead atoms. The number of hydrogen-bond acceptors (Lipinski definition) is 4. The minimum atomic E-state index is -1.22. The lowest BCUT2D eigenvalue weighted by molar-refractivity contribution is 0.0698. The van der Waals surface area contributed by atoms with Gasteiger partial charge in [0.1, 0.15) is 17.7 Å². The van der Waals surface area contributed by atoms with E-state index in [0.29, 0.717) is 5.82 Å². The second kappa shape index (κ2) is 6.23. The van der Waals surface area contributed by atoms with Crippen LogP contribution in [0, 0.1) is 0 Å². The summed E-state index contributed by atoms with van der Waals surface area (Å²) < 4.78 is 0. The molecule has 2 amide bonds. The van der Waals surface area contributed by atoms with Crippen molar-refractivity contribution in [1.82, 2.24) is 20.5 Å². The van der Waals surface area contributed by atoms with Crippen molar-refractivity contribution in [3.05, 3.63) is 40.9 Å². The van der Waals surface area contributed by atoms with Crippen LogP contribution in [0.15, 0.2) is 24.5 Å². The smallest absolute Gasteiger partial charge is 0.339 e. The van der Waals surface area contributed by atoms with Crippen molar-refractivity contribution >= 4 is 29.3 Å². The topological polar surface area (TPSA) is 120 Å². The number of H-pyrrole nitrogens is 1. The fourth-order valence-corrected chi connectivity index (χ4v) is 1.95. The number of aromatic amines is 1. The van der Waals surface area contributed by atoms with Gasteiger partial charge >= 0.3 is 12.0 Å². The zero-order valence-electron chi connectivity index (χ0n) is 10.9. The molecule has 0 saturated carbocycles. The summed E-state index contributed by atoms with van der Waals surface area (Å²) >= 11 is 5.82. The third kappa shape index (κ3) is 3.48. The highest BCUT2D eigenvalue weighted by atomic mass is 35.5. The Balaban J connectivity index is 2.10. The lowest BCUT2D eigenvalue weighted by atomic mass is 10.2. The molecule has 9 heteroatoms. The van der Waals surface area contributed by atoms with Crippen LogP contribution in [0.4, 0.5) is 10.5 Å². The van der Waals surface area contributed by atoms with Gasteiger partial charge in [0.2, 0.25) is 0 Å². The van der Waals surface area contributed by atoms with Gasteiger partial charge in [-0.15, -0.1) is 0 Å². The number of anilines is 1. The second-order valence-corrected chi connectivity index (χ2v) is 4.57. The van der Waals surface area contributed by atoms with E-state index >= 15 is 0 Å². The van der Waals surface area contributed by atoms with Gasteiger partial charge in [-0.05, 0) is 19.1 Å². The molecule has 21 heavy (non-hydrogen) atoms. The van der Waals surface area contributed by atoms with Crippen LogP contribution in [-0.4, -0.2) is 32.3 Å². The van der Waals surface area contributed by atoms with Gasteiger partial charge in [-0.25, -0.2) is 14.6 Å². The minimum absolute atomic E-state index is 0.0450. The Morgan fingerprint density at radius 1 is 1.43 bits per heavy atom. The van der Waals surface area contributed by atoms with Gasteiger partial charge in [-0.3, -0.25) is 5.10 Å². The molecule has 1 heterocycles. The van der Waals surface area contributed by atoms with Crippen molar-refractivity contribution in [2.75, 3.05) is 5.32 Å². The summed E-state index contributed by atoms with van der Waals surface area (Å²) in [7, 11) is 0. The Kier molecular flexibility index (Phi) is 4.39. The maximum atomic E-state index is 11.9. The first-order valence-electron chi connectivity index (χ1n) is 5.93. The predicted molar refractivity (Wildman–Crippen MR) is 75.4 cm³/mol. The zero-order valence-corrected chi connectivity index (χ0v) is 11.7. The first-order chi connectivity index (χ1) is 9.99. The number of hydrogen-bond donors (Lipinski definition) is 4. The first-order valence-corrected chi connectivity index (χ1v) is 6.31. The maximum absolute atomic E-state index is 11.9. The maximum Gasteiger partial charge on any atom is 0.339 e. The number of benzene rings is 1. The number of aromatic carboxylic acids is 1. The van der Waals surface area contributed by atoms with E-state index in [2.05, 4.69) is 25.8 Å². The highest BCUT2D eigenvalue weighted by molar-refractivity contribution is 6.34. The van der Waals surface area contributed by atoms with Gasteiger partial charge in [-0.1, -0.05) is 17.7 Å². The molecule has 1 aromatic heterocycles. The van der Waals surface area contributed by atoms with E-state index in [-0.39, 0.29) is 16.3 Å². The van der Waals surface area contributed by atoms with E-state index in [1.165, 1.54) is 18.5 Å². The number of rotatable bonds is 4. The monoisotopic (exact) mass is 309 g/mol. The number of carbonyl (C=O) groups excluding carboxylic acids is 1. The van der Waals surface area contributed by atoms with Gasteiger partial charge in [0.15, 0.2) is 0 Å². The molecule has 4 N–H and O–H groups in total. The fourth-order valence-electron chi connectivity index (χ4n) is 1.69. The van der Waals surface area contributed by atoms with Gasteiger partial charge in [0.25, 0.3) is 0 Å². The summed E-state index contributed by atoms with van der Waals surface area (Å²) in [6.07, 6.45) is 1.32. The van der Waals surface area contributed by atoms with Gasteiger partial charge in [0, 0.05) is 0 Å². The molecule has 0 saturated heterocycles. The number of aromatic nitrogens is 3. The van der Waals surface area contributed by atoms with Gasteiger partial charge in [0.05, 0.1) is 16.8 Å². The Labute approximate surface area is 124 Å². The molecule has 0 aliphatic carbocycles. The molecule has 0 spiro atoms. The highest BCUT2D eigenvalue weighted by Gasteiger charge is 2.17. The fraction of sp³-hybridized carbons (Fsp3) is 0.167. The number of carbonyl (C=O) groups is 2. The second-order valence-electron chi connectivity index (χ2n) is 4.16. The van der Waals surface area contributed by atoms with Crippen LogP contribution in [0.5, 0.6) is 0 Å². The predicted octanol–water partition coefficient (Wildman–Crippen LogP) is 2.04. The van der Waals surface area contributed by atoms with Crippen LogP contribution < -0.4 is 10.6 Å². The number of amides is 2. The number of halogens is 1. The molecule has 110 valence electrons. The molecule has 0 aliphatic rings. The number of nitrogens with zero attached hydrogens (tertiary/aromatic N) is 2. The van der Waals surface area contributed by atoms with Crippen molar-refractivity contribution in [3.63, 3.8) is 0 Å². The van der Waals surface area contributed by atoms with E-state index in [0.717, 1.165) is 0 Å². The highest BCUT2D eigenvalue weighted by Crippen LogP contribution is 2.24. The molecule has 1 atom stereocenters. The molecule has 1 unspecified atom stereocenters. The van der Waals surface area contributed by atoms with Crippen molar-refractivity contribution in [2.24, 2.45) is 0 Å². The largest absolute Gasteiger partial charge is 0.478 e. The molecule has 0 radical (unpaired) electrons. The van der Waals surface area contributed by atoms with E-state index in [4.69, 9.17) is 16.7 Å². The third-order valence-corrected chi connectivity index (χ3v) is 2.98. The van der Waals surface area contributed by atoms with Crippen LogP contribution in [0.1, 0.15) is 29.1 Å². The SMILES string of the molecule is CC(NC(=O)Nc1cccc(Cl)c1C(=O)O)c1ncn[nH]1. The quantitative estimate of drug-likeness (QED) is 0.689. The molecule has 0 aliphatic heterocycles. The number of nitrogens with one attached hydrogen (secondary N) is 3. The molecule has 0 fully saturated rings. The molecule has 1 aromatic carbocycles. The average Bonchev–Trinajstić information content (AvgIpc) is 2.91. The summed E-state index contributed by atoms with van der Waals surface area (Å²) in [4.78, 5) is 26.9. The van der Waals surface area contributed by atoms with Crippen molar-refractivity contribution in [3.8, 4) is 0 Å².